The van der Waals surface area contributed by atoms with Crippen LogP contribution in [0, 0.1) is 0 Å². The predicted molar refractivity (Wildman–Crippen MR) is 118 cm³/mol. The Morgan fingerprint density at radius 1 is 0.833 bits per heavy atom. The maximum Gasteiger partial charge on any atom is 0.255 e. The van der Waals surface area contributed by atoms with E-state index in [2.05, 4.69) is 15.2 Å². The second-order valence-corrected chi connectivity index (χ2v) is 7.45. The molecule has 0 atom stereocenters. The minimum atomic E-state index is -0.179. The fourth-order valence-electron chi connectivity index (χ4n) is 3.37. The zero-order valence-electron chi connectivity index (χ0n) is 16.3. The van der Waals surface area contributed by atoms with Gasteiger partial charge in [-0.25, -0.2) is 4.98 Å². The minimum absolute atomic E-state index is 0.0142. The third-order valence-electron chi connectivity index (χ3n) is 5.03. The molecule has 0 saturated carbocycles. The molecule has 4 rings (SSSR count). The largest absolute Gasteiger partial charge is 0.353 e. The summed E-state index contributed by atoms with van der Waals surface area (Å²) in [7, 11) is 0. The highest BCUT2D eigenvalue weighted by Crippen LogP contribution is 2.18. The Labute approximate surface area is 180 Å². The van der Waals surface area contributed by atoms with E-state index in [4.69, 9.17) is 11.6 Å². The number of nitrogens with zero attached hydrogens (tertiary/aromatic N) is 3. The van der Waals surface area contributed by atoms with E-state index in [1.165, 1.54) is 0 Å². The van der Waals surface area contributed by atoms with Crippen LogP contribution in [-0.2, 0) is 0 Å². The van der Waals surface area contributed by atoms with Gasteiger partial charge in [0.2, 0.25) is 0 Å². The van der Waals surface area contributed by atoms with E-state index >= 15 is 0 Å². The average Bonchev–Trinajstić information content (AvgIpc) is 2.80. The number of nitrogens with one attached hydrogen (secondary N) is 1. The van der Waals surface area contributed by atoms with Crippen LogP contribution in [0.5, 0.6) is 0 Å². The number of aromatic nitrogens is 1. The molecule has 1 N–H and O–H groups in total. The quantitative estimate of drug-likeness (QED) is 0.694. The number of rotatable bonds is 4. The van der Waals surface area contributed by atoms with Crippen molar-refractivity contribution in [2.75, 3.05) is 36.4 Å². The van der Waals surface area contributed by atoms with Gasteiger partial charge in [-0.2, -0.15) is 0 Å². The fourth-order valence-corrected chi connectivity index (χ4v) is 3.48. The Kier molecular flexibility index (Phi) is 5.95. The third kappa shape index (κ3) is 4.60. The number of carbonyl (C=O) groups excluding carboxylic acids is 2. The Morgan fingerprint density at radius 2 is 1.53 bits per heavy atom. The molecule has 1 aliphatic rings. The van der Waals surface area contributed by atoms with Crippen molar-refractivity contribution < 1.29 is 9.59 Å². The monoisotopic (exact) mass is 420 g/mol. The highest BCUT2D eigenvalue weighted by molar-refractivity contribution is 6.30. The summed E-state index contributed by atoms with van der Waals surface area (Å²) in [6.07, 6.45) is 1.63. The number of halogens is 1. The van der Waals surface area contributed by atoms with Crippen molar-refractivity contribution in [2.45, 2.75) is 0 Å². The molecule has 0 spiro atoms. The summed E-state index contributed by atoms with van der Waals surface area (Å²) in [6.45, 7) is 2.67. The van der Waals surface area contributed by atoms with Gasteiger partial charge in [-0.1, -0.05) is 29.8 Å². The summed E-state index contributed by atoms with van der Waals surface area (Å²) in [4.78, 5) is 33.4. The van der Waals surface area contributed by atoms with Gasteiger partial charge in [-0.3, -0.25) is 9.59 Å². The molecule has 0 unspecified atom stereocenters. The predicted octanol–water partition coefficient (Wildman–Crippen LogP) is 3.95. The maximum atomic E-state index is 12.8. The topological polar surface area (TPSA) is 65.5 Å². The maximum absolute atomic E-state index is 12.8. The van der Waals surface area contributed by atoms with Gasteiger partial charge < -0.3 is 15.1 Å². The van der Waals surface area contributed by atoms with E-state index in [9.17, 15) is 9.59 Å². The van der Waals surface area contributed by atoms with Gasteiger partial charge in [0.05, 0.1) is 5.02 Å². The van der Waals surface area contributed by atoms with Crippen LogP contribution in [0.2, 0.25) is 5.02 Å². The number of amides is 2. The minimum Gasteiger partial charge on any atom is -0.353 e. The molecule has 3 aromatic rings. The van der Waals surface area contributed by atoms with Crippen molar-refractivity contribution in [1.82, 2.24) is 9.88 Å². The normalized spacial score (nSPS) is 13.8. The first-order chi connectivity index (χ1) is 14.6. The molecule has 30 heavy (non-hydrogen) atoms. The van der Waals surface area contributed by atoms with E-state index in [0.29, 0.717) is 48.0 Å². The second kappa shape index (κ2) is 8.97. The lowest BCUT2D eigenvalue weighted by Crippen LogP contribution is -2.49. The Hall–Kier alpha value is -3.38. The van der Waals surface area contributed by atoms with Crippen LogP contribution in [0.3, 0.4) is 0 Å². The standard InChI is InChI=1S/C23H21ClN4O2/c24-19-8-11-21(25-16-19)27-12-14-28(15-13-27)23(30)18-6-9-20(10-7-18)26-22(29)17-4-2-1-3-5-17/h1-11,16H,12-15H2,(H,26,29). The van der Waals surface area contributed by atoms with E-state index < -0.39 is 0 Å². The smallest absolute Gasteiger partial charge is 0.255 e. The lowest BCUT2D eigenvalue weighted by atomic mass is 10.1. The molecule has 1 saturated heterocycles. The number of hydrogen-bond acceptors (Lipinski definition) is 4. The molecule has 0 bridgehead atoms. The van der Waals surface area contributed by atoms with Gasteiger partial charge >= 0.3 is 0 Å². The molecule has 1 fully saturated rings. The summed E-state index contributed by atoms with van der Waals surface area (Å²) in [6, 6.07) is 19.7. The van der Waals surface area contributed by atoms with Gasteiger partial charge in [0.1, 0.15) is 5.82 Å². The lowest BCUT2D eigenvalue weighted by Gasteiger charge is -2.35. The van der Waals surface area contributed by atoms with Crippen LogP contribution in [-0.4, -0.2) is 47.9 Å². The summed E-state index contributed by atoms with van der Waals surface area (Å²) >= 11 is 5.90. The highest BCUT2D eigenvalue weighted by Gasteiger charge is 2.23. The van der Waals surface area contributed by atoms with E-state index in [-0.39, 0.29) is 11.8 Å². The van der Waals surface area contributed by atoms with Crippen molar-refractivity contribution in [1.29, 1.82) is 0 Å². The Balaban J connectivity index is 1.34. The molecular weight excluding hydrogens is 400 g/mol. The second-order valence-electron chi connectivity index (χ2n) is 7.01. The molecule has 7 heteroatoms. The number of pyridine rings is 1. The number of hydrogen-bond donors (Lipinski definition) is 1. The molecule has 0 radical (unpaired) electrons. The van der Waals surface area contributed by atoms with Gasteiger partial charge in [-0.15, -0.1) is 0 Å². The molecule has 1 aromatic heterocycles. The van der Waals surface area contributed by atoms with Crippen LogP contribution in [0.25, 0.3) is 0 Å². The number of anilines is 2. The van der Waals surface area contributed by atoms with Gasteiger partial charge in [-0.05, 0) is 48.5 Å². The van der Waals surface area contributed by atoms with E-state index in [0.717, 1.165) is 5.82 Å². The van der Waals surface area contributed by atoms with Crippen molar-refractivity contribution in [3.8, 4) is 0 Å². The first kappa shape index (κ1) is 19.9. The summed E-state index contributed by atoms with van der Waals surface area (Å²) in [5, 5.41) is 3.45. The summed E-state index contributed by atoms with van der Waals surface area (Å²) in [5.74, 6) is 0.672. The molecule has 0 aliphatic carbocycles. The summed E-state index contributed by atoms with van der Waals surface area (Å²) < 4.78 is 0. The molecular formula is C23H21ClN4O2. The van der Waals surface area contributed by atoms with Crippen molar-refractivity contribution in [3.63, 3.8) is 0 Å². The highest BCUT2D eigenvalue weighted by atomic mass is 35.5. The first-order valence-electron chi connectivity index (χ1n) is 9.72. The van der Waals surface area contributed by atoms with Crippen molar-refractivity contribution in [2.24, 2.45) is 0 Å². The third-order valence-corrected chi connectivity index (χ3v) is 5.25. The fraction of sp³-hybridized carbons (Fsp3) is 0.174. The molecule has 152 valence electrons. The van der Waals surface area contributed by atoms with Crippen LogP contribution >= 0.6 is 11.6 Å². The number of benzene rings is 2. The van der Waals surface area contributed by atoms with Gasteiger partial charge in [0, 0.05) is 49.2 Å². The number of piperazine rings is 1. The lowest BCUT2D eigenvalue weighted by molar-refractivity contribution is 0.0746. The van der Waals surface area contributed by atoms with Crippen molar-refractivity contribution >= 4 is 34.9 Å². The van der Waals surface area contributed by atoms with E-state index in [1.54, 1.807) is 42.6 Å². The SMILES string of the molecule is O=C(Nc1ccc(C(=O)N2CCN(c3ccc(Cl)cn3)CC2)cc1)c1ccccc1. The zero-order valence-corrected chi connectivity index (χ0v) is 17.0. The Bertz CT molecular complexity index is 1020. The van der Waals surface area contributed by atoms with Crippen LogP contribution in [0.15, 0.2) is 72.9 Å². The van der Waals surface area contributed by atoms with Gasteiger partial charge in [0.25, 0.3) is 11.8 Å². The first-order valence-corrected chi connectivity index (χ1v) is 10.1. The molecule has 2 amide bonds. The van der Waals surface area contributed by atoms with Crippen LogP contribution < -0.4 is 10.2 Å². The van der Waals surface area contributed by atoms with Gasteiger partial charge in [0.15, 0.2) is 0 Å². The molecule has 1 aliphatic heterocycles. The molecule has 6 nitrogen and oxygen atoms in total. The van der Waals surface area contributed by atoms with Crippen LogP contribution in [0.4, 0.5) is 11.5 Å². The van der Waals surface area contributed by atoms with Crippen LogP contribution in [0.1, 0.15) is 20.7 Å². The zero-order chi connectivity index (χ0) is 20.9. The number of carbonyl (C=O) groups is 2. The van der Waals surface area contributed by atoms with E-state index in [1.807, 2.05) is 35.2 Å². The summed E-state index contributed by atoms with van der Waals surface area (Å²) in [5.41, 5.74) is 1.84. The molecule has 2 aromatic carbocycles. The average molecular weight is 421 g/mol. The Morgan fingerprint density at radius 3 is 2.17 bits per heavy atom. The van der Waals surface area contributed by atoms with Crippen molar-refractivity contribution in [3.05, 3.63) is 89.1 Å². The molecule has 2 heterocycles.